The van der Waals surface area contributed by atoms with Crippen LogP contribution in [0, 0.1) is 0 Å². The van der Waals surface area contributed by atoms with Gasteiger partial charge in [-0.15, -0.1) is 10.2 Å². The maximum absolute atomic E-state index is 12.1. The first-order valence-electron chi connectivity index (χ1n) is 9.23. The highest BCUT2D eigenvalue weighted by atomic mass is 16.5. The van der Waals surface area contributed by atoms with Crippen molar-refractivity contribution < 1.29 is 14.3 Å². The number of likely N-dealkylation sites (tertiary alicyclic amines) is 2. The van der Waals surface area contributed by atoms with Gasteiger partial charge < -0.3 is 18.9 Å². The predicted octanol–water partition coefficient (Wildman–Crippen LogP) is 0.412. The van der Waals surface area contributed by atoms with Gasteiger partial charge in [-0.25, -0.2) is 0 Å². The summed E-state index contributed by atoms with van der Waals surface area (Å²) >= 11 is 0. The number of methoxy groups -OCH3 is 1. The summed E-state index contributed by atoms with van der Waals surface area (Å²) in [5.74, 6) is 1.96. The Morgan fingerprint density at radius 3 is 2.84 bits per heavy atom. The molecule has 1 atom stereocenters. The van der Waals surface area contributed by atoms with Gasteiger partial charge >= 0.3 is 0 Å². The molecule has 4 rings (SSSR count). The van der Waals surface area contributed by atoms with E-state index in [1.807, 2.05) is 4.90 Å². The SMILES string of the molecule is COCC(=O)N1CCC2(C1)Cn1c(nnc1CN1CCCCC1)CO2. The molecule has 0 aliphatic carbocycles. The lowest BCUT2D eigenvalue weighted by molar-refractivity contribution is -0.137. The average molecular weight is 349 g/mol. The zero-order valence-electron chi connectivity index (χ0n) is 14.9. The van der Waals surface area contributed by atoms with Crippen molar-refractivity contribution in [3.63, 3.8) is 0 Å². The number of fused-ring (bicyclic) bond motifs is 1. The van der Waals surface area contributed by atoms with E-state index in [9.17, 15) is 4.79 Å². The third-order valence-corrected chi connectivity index (χ3v) is 5.61. The molecule has 138 valence electrons. The molecule has 0 saturated carbocycles. The molecule has 1 aromatic rings. The second kappa shape index (κ2) is 7.01. The molecule has 8 nitrogen and oxygen atoms in total. The van der Waals surface area contributed by atoms with Crippen molar-refractivity contribution >= 4 is 5.91 Å². The third-order valence-electron chi connectivity index (χ3n) is 5.61. The second-order valence-corrected chi connectivity index (χ2v) is 7.43. The molecule has 0 N–H and O–H groups in total. The molecule has 0 aromatic carbocycles. The number of hydrogen-bond acceptors (Lipinski definition) is 6. The van der Waals surface area contributed by atoms with Crippen LogP contribution in [0.15, 0.2) is 0 Å². The summed E-state index contributed by atoms with van der Waals surface area (Å²) in [4.78, 5) is 16.4. The molecule has 1 amide bonds. The molecule has 1 aromatic heterocycles. The van der Waals surface area contributed by atoms with Crippen molar-refractivity contribution in [2.45, 2.75) is 51.0 Å². The number of amides is 1. The fraction of sp³-hybridized carbons (Fsp3) is 0.824. The van der Waals surface area contributed by atoms with Gasteiger partial charge in [0.15, 0.2) is 5.82 Å². The van der Waals surface area contributed by atoms with Crippen molar-refractivity contribution in [1.29, 1.82) is 0 Å². The van der Waals surface area contributed by atoms with Gasteiger partial charge in [0.05, 0.1) is 19.6 Å². The molecule has 25 heavy (non-hydrogen) atoms. The first-order valence-corrected chi connectivity index (χ1v) is 9.23. The van der Waals surface area contributed by atoms with E-state index in [1.165, 1.54) is 19.3 Å². The third kappa shape index (κ3) is 3.43. The van der Waals surface area contributed by atoms with Crippen LogP contribution in [0.2, 0.25) is 0 Å². The lowest BCUT2D eigenvalue weighted by Gasteiger charge is -2.35. The van der Waals surface area contributed by atoms with Crippen molar-refractivity contribution in [2.75, 3.05) is 39.9 Å². The van der Waals surface area contributed by atoms with Gasteiger partial charge in [0, 0.05) is 13.7 Å². The maximum atomic E-state index is 12.1. The summed E-state index contributed by atoms with van der Waals surface area (Å²) in [7, 11) is 1.55. The Bertz CT molecular complexity index is 628. The largest absolute Gasteiger partial charge is 0.375 e. The van der Waals surface area contributed by atoms with Crippen molar-refractivity contribution in [2.24, 2.45) is 0 Å². The fourth-order valence-corrected chi connectivity index (χ4v) is 4.17. The molecular weight excluding hydrogens is 322 g/mol. The van der Waals surface area contributed by atoms with Crippen molar-refractivity contribution in [1.82, 2.24) is 24.6 Å². The summed E-state index contributed by atoms with van der Waals surface area (Å²) in [5, 5.41) is 8.74. The van der Waals surface area contributed by atoms with Gasteiger partial charge in [-0.1, -0.05) is 6.42 Å². The molecule has 3 aliphatic rings. The molecule has 2 saturated heterocycles. The van der Waals surface area contributed by atoms with Crippen molar-refractivity contribution in [3.8, 4) is 0 Å². The van der Waals surface area contributed by atoms with Crippen LogP contribution in [0.5, 0.6) is 0 Å². The first kappa shape index (κ1) is 16.9. The van der Waals surface area contributed by atoms with E-state index in [0.717, 1.165) is 50.8 Å². The lowest BCUT2D eigenvalue weighted by atomic mass is 10.0. The van der Waals surface area contributed by atoms with Gasteiger partial charge in [-0.05, 0) is 32.4 Å². The van der Waals surface area contributed by atoms with E-state index >= 15 is 0 Å². The summed E-state index contributed by atoms with van der Waals surface area (Å²) in [6.07, 6.45) is 4.72. The monoisotopic (exact) mass is 349 g/mol. The van der Waals surface area contributed by atoms with E-state index in [2.05, 4.69) is 19.7 Å². The minimum Gasteiger partial charge on any atom is -0.375 e. The van der Waals surface area contributed by atoms with Crippen LogP contribution < -0.4 is 0 Å². The van der Waals surface area contributed by atoms with Crippen molar-refractivity contribution in [3.05, 3.63) is 11.6 Å². The molecule has 0 bridgehead atoms. The minimum atomic E-state index is -0.310. The number of rotatable bonds is 4. The van der Waals surface area contributed by atoms with Gasteiger partial charge in [0.25, 0.3) is 0 Å². The molecule has 2 fully saturated rings. The van der Waals surface area contributed by atoms with Gasteiger partial charge in [-0.3, -0.25) is 9.69 Å². The Kier molecular flexibility index (Phi) is 4.75. The second-order valence-electron chi connectivity index (χ2n) is 7.43. The number of ether oxygens (including phenoxy) is 2. The lowest BCUT2D eigenvalue weighted by Crippen LogP contribution is -2.46. The van der Waals surface area contributed by atoms with E-state index in [0.29, 0.717) is 13.2 Å². The highest BCUT2D eigenvalue weighted by molar-refractivity contribution is 5.77. The van der Waals surface area contributed by atoms with Crippen LogP contribution in [0.1, 0.15) is 37.3 Å². The molecule has 0 radical (unpaired) electrons. The number of piperidine rings is 1. The zero-order valence-corrected chi connectivity index (χ0v) is 14.9. The van der Waals surface area contributed by atoms with Crippen LogP contribution >= 0.6 is 0 Å². The summed E-state index contributed by atoms with van der Waals surface area (Å²) in [6, 6.07) is 0. The van der Waals surface area contributed by atoms with E-state index in [1.54, 1.807) is 7.11 Å². The van der Waals surface area contributed by atoms with Crippen LogP contribution in [-0.2, 0) is 34.0 Å². The molecule has 3 aliphatic heterocycles. The first-order chi connectivity index (χ1) is 12.2. The average Bonchev–Trinajstić information content (AvgIpc) is 3.21. The Morgan fingerprint density at radius 2 is 2.04 bits per heavy atom. The van der Waals surface area contributed by atoms with E-state index in [-0.39, 0.29) is 18.1 Å². The Labute approximate surface area is 148 Å². The summed E-state index contributed by atoms with van der Waals surface area (Å²) in [5.41, 5.74) is -0.310. The normalized spacial score (nSPS) is 27.0. The van der Waals surface area contributed by atoms with Crippen LogP contribution in [0.3, 0.4) is 0 Å². The number of aromatic nitrogens is 3. The van der Waals surface area contributed by atoms with Crippen LogP contribution in [-0.4, -0.2) is 76.0 Å². The highest BCUT2D eigenvalue weighted by Crippen LogP contribution is 2.32. The molecule has 8 heteroatoms. The number of carbonyl (C=O) groups excluding carboxylic acids is 1. The van der Waals surface area contributed by atoms with E-state index < -0.39 is 0 Å². The maximum Gasteiger partial charge on any atom is 0.248 e. The Balaban J connectivity index is 1.45. The topological polar surface area (TPSA) is 72.7 Å². The quantitative estimate of drug-likeness (QED) is 0.784. The van der Waals surface area contributed by atoms with Gasteiger partial charge in [0.1, 0.15) is 24.6 Å². The van der Waals surface area contributed by atoms with Crippen LogP contribution in [0.4, 0.5) is 0 Å². The van der Waals surface area contributed by atoms with Crippen LogP contribution in [0.25, 0.3) is 0 Å². The minimum absolute atomic E-state index is 0.0334. The Hall–Kier alpha value is -1.51. The molecular formula is C17H27N5O3. The number of hydrogen-bond donors (Lipinski definition) is 0. The highest BCUT2D eigenvalue weighted by Gasteiger charge is 2.44. The number of carbonyl (C=O) groups is 1. The van der Waals surface area contributed by atoms with E-state index in [4.69, 9.17) is 9.47 Å². The summed E-state index contributed by atoms with van der Waals surface area (Å²) < 4.78 is 13.3. The van der Waals surface area contributed by atoms with Gasteiger partial charge in [0.2, 0.25) is 5.91 Å². The summed E-state index contributed by atoms with van der Waals surface area (Å²) in [6.45, 7) is 5.82. The predicted molar refractivity (Wildman–Crippen MR) is 89.7 cm³/mol. The fourth-order valence-electron chi connectivity index (χ4n) is 4.17. The standard InChI is InChI=1S/C17H27N5O3/c1-24-11-16(23)21-8-5-17(12-21)13-22-14(18-19-15(22)10-25-17)9-20-6-3-2-4-7-20/h2-13H2,1H3. The molecule has 1 spiro atoms. The van der Waals surface area contributed by atoms with Gasteiger partial charge in [-0.2, -0.15) is 0 Å². The molecule has 4 heterocycles. The Morgan fingerprint density at radius 1 is 1.20 bits per heavy atom. The smallest absolute Gasteiger partial charge is 0.248 e. The number of nitrogens with zero attached hydrogens (tertiary/aromatic N) is 5. The molecule has 1 unspecified atom stereocenters. The zero-order chi connectivity index (χ0) is 17.3.